The summed E-state index contributed by atoms with van der Waals surface area (Å²) in [5, 5.41) is 10.9. The number of carbonyl (C=O) groups is 1. The normalized spacial score (nSPS) is 12.4. The van der Waals surface area contributed by atoms with Crippen LogP contribution in [-0.2, 0) is 11.2 Å². The van der Waals surface area contributed by atoms with Crippen molar-refractivity contribution >= 4 is 17.0 Å². The van der Waals surface area contributed by atoms with Crippen LogP contribution in [0, 0.1) is 18.6 Å². The topological polar surface area (TPSA) is 89.1 Å². The van der Waals surface area contributed by atoms with Crippen LogP contribution in [0.25, 0.3) is 22.0 Å². The van der Waals surface area contributed by atoms with E-state index in [0.717, 1.165) is 33.8 Å². The van der Waals surface area contributed by atoms with E-state index in [1.54, 1.807) is 33.2 Å². The lowest BCUT2D eigenvalue weighted by Gasteiger charge is -2.24. The van der Waals surface area contributed by atoms with Crippen LogP contribution in [0.15, 0.2) is 54.9 Å². The molecule has 4 aromatic rings. The van der Waals surface area contributed by atoms with Gasteiger partial charge in [0.25, 0.3) is 0 Å². The molecule has 0 spiro atoms. The number of hydrogen-bond acceptors (Lipinski definition) is 5. The minimum atomic E-state index is -0.956. The zero-order valence-corrected chi connectivity index (χ0v) is 20.6. The molecule has 2 N–H and O–H groups in total. The maximum absolute atomic E-state index is 14.3. The number of nitrogens with one attached hydrogen (secondary N) is 2. The fourth-order valence-corrected chi connectivity index (χ4v) is 3.77. The number of benzene rings is 2. The van der Waals surface area contributed by atoms with Crippen molar-refractivity contribution in [1.29, 1.82) is 0 Å². The van der Waals surface area contributed by atoms with Gasteiger partial charge in [0, 0.05) is 22.8 Å². The summed E-state index contributed by atoms with van der Waals surface area (Å²) >= 11 is 0. The molecule has 0 aliphatic rings. The van der Waals surface area contributed by atoms with Crippen molar-refractivity contribution in [3.63, 3.8) is 0 Å². The third kappa shape index (κ3) is 6.16. The number of H-pyrrole nitrogens is 1. The molecule has 36 heavy (non-hydrogen) atoms. The average molecular weight is 495 g/mol. The van der Waals surface area contributed by atoms with Crippen LogP contribution in [0.5, 0.6) is 5.75 Å². The van der Waals surface area contributed by atoms with Crippen LogP contribution < -0.4 is 10.1 Å². The summed E-state index contributed by atoms with van der Waals surface area (Å²) < 4.78 is 39.3. The highest BCUT2D eigenvalue weighted by Gasteiger charge is 2.22. The number of aromatic nitrogens is 3. The molecule has 0 saturated carbocycles. The first kappa shape index (κ1) is 25.1. The Labute approximate surface area is 207 Å². The monoisotopic (exact) mass is 494 g/mol. The molecule has 1 amide bonds. The molecule has 7 nitrogen and oxygen atoms in total. The van der Waals surface area contributed by atoms with Gasteiger partial charge >= 0.3 is 6.09 Å². The number of rotatable bonds is 7. The van der Waals surface area contributed by atoms with E-state index in [0.29, 0.717) is 5.75 Å². The Kier molecular flexibility index (Phi) is 7.19. The summed E-state index contributed by atoms with van der Waals surface area (Å²) in [6.07, 6.45) is 2.61. The smallest absolute Gasteiger partial charge is 0.408 e. The highest BCUT2D eigenvalue weighted by molar-refractivity contribution is 5.86. The Morgan fingerprint density at radius 3 is 2.69 bits per heavy atom. The Morgan fingerprint density at radius 1 is 1.11 bits per heavy atom. The molecule has 0 unspecified atom stereocenters. The van der Waals surface area contributed by atoms with Crippen molar-refractivity contribution in [2.45, 2.75) is 45.8 Å². The summed E-state index contributed by atoms with van der Waals surface area (Å²) in [4.78, 5) is 16.7. The standard InChI is InChI=1S/C27H28F2N4O3/c1-16-22-12-17(8-9-24(22)33-32-16)19-11-21(14-30-13-19)35-15-20(31-26(34)36-27(2,3)4)10-18-6-5-7-23(28)25(18)29/h5-9,11-14,20H,10,15H2,1-4H3,(H,31,34)(H,32,33)/t20-/m0/s1. The lowest BCUT2D eigenvalue weighted by atomic mass is 10.0. The van der Waals surface area contributed by atoms with Crippen molar-refractivity contribution in [3.8, 4) is 16.9 Å². The second kappa shape index (κ2) is 10.3. The van der Waals surface area contributed by atoms with Crippen LogP contribution in [0.3, 0.4) is 0 Å². The summed E-state index contributed by atoms with van der Waals surface area (Å²) in [5.41, 5.74) is 3.02. The third-order valence-electron chi connectivity index (χ3n) is 5.46. The van der Waals surface area contributed by atoms with Gasteiger partial charge in [0.05, 0.1) is 17.8 Å². The number of fused-ring (bicyclic) bond motifs is 1. The minimum absolute atomic E-state index is 0.00634. The number of aromatic amines is 1. The predicted molar refractivity (Wildman–Crippen MR) is 133 cm³/mol. The van der Waals surface area contributed by atoms with Crippen LogP contribution in [0.4, 0.5) is 13.6 Å². The van der Waals surface area contributed by atoms with Crippen LogP contribution in [-0.4, -0.2) is 39.5 Å². The van der Waals surface area contributed by atoms with Crippen molar-refractivity contribution in [3.05, 3.63) is 77.8 Å². The zero-order chi connectivity index (χ0) is 25.9. The van der Waals surface area contributed by atoms with Crippen molar-refractivity contribution in [2.24, 2.45) is 0 Å². The molecular weight excluding hydrogens is 466 g/mol. The maximum Gasteiger partial charge on any atom is 0.408 e. The molecular formula is C27H28F2N4O3. The first-order valence-corrected chi connectivity index (χ1v) is 11.5. The van der Waals surface area contributed by atoms with Gasteiger partial charge in [0.1, 0.15) is 18.0 Å². The summed E-state index contributed by atoms with van der Waals surface area (Å²) in [5.74, 6) is -1.44. The first-order chi connectivity index (χ1) is 17.1. The van der Waals surface area contributed by atoms with E-state index in [2.05, 4.69) is 20.5 Å². The van der Waals surface area contributed by atoms with E-state index in [1.807, 2.05) is 31.2 Å². The molecule has 4 rings (SSSR count). The molecule has 2 aromatic carbocycles. The maximum atomic E-state index is 14.3. The van der Waals surface area contributed by atoms with E-state index in [-0.39, 0.29) is 18.6 Å². The zero-order valence-electron chi connectivity index (χ0n) is 20.6. The Morgan fingerprint density at radius 2 is 1.92 bits per heavy atom. The van der Waals surface area contributed by atoms with Crippen molar-refractivity contribution < 1.29 is 23.0 Å². The van der Waals surface area contributed by atoms with E-state index in [1.165, 1.54) is 12.1 Å². The summed E-state index contributed by atoms with van der Waals surface area (Å²) in [7, 11) is 0. The molecule has 0 aliphatic carbocycles. The molecule has 188 valence electrons. The molecule has 0 aliphatic heterocycles. The minimum Gasteiger partial charge on any atom is -0.490 e. The SMILES string of the molecule is Cc1[nH]nc2ccc(-c3cncc(OC[C@H](Cc4cccc(F)c4F)NC(=O)OC(C)(C)C)c3)cc12. The molecule has 0 bridgehead atoms. The van der Waals surface area contributed by atoms with Gasteiger partial charge in [-0.2, -0.15) is 5.10 Å². The van der Waals surface area contributed by atoms with Gasteiger partial charge < -0.3 is 14.8 Å². The highest BCUT2D eigenvalue weighted by atomic mass is 19.2. The number of hydrogen-bond donors (Lipinski definition) is 2. The number of nitrogens with zero attached hydrogens (tertiary/aromatic N) is 2. The Bertz CT molecular complexity index is 1380. The number of pyridine rings is 1. The van der Waals surface area contributed by atoms with E-state index in [9.17, 15) is 13.6 Å². The lowest BCUT2D eigenvalue weighted by molar-refractivity contribution is 0.0487. The average Bonchev–Trinajstić information content (AvgIpc) is 3.19. The summed E-state index contributed by atoms with van der Waals surface area (Å²) in [6.45, 7) is 7.16. The molecule has 2 aromatic heterocycles. The molecule has 1 atom stereocenters. The van der Waals surface area contributed by atoms with Crippen molar-refractivity contribution in [1.82, 2.24) is 20.5 Å². The van der Waals surface area contributed by atoms with Crippen LogP contribution in [0.2, 0.25) is 0 Å². The van der Waals surface area contributed by atoms with Gasteiger partial charge in [-0.1, -0.05) is 18.2 Å². The summed E-state index contributed by atoms with van der Waals surface area (Å²) in [6, 6.07) is 11.0. The second-order valence-electron chi connectivity index (χ2n) is 9.56. The third-order valence-corrected chi connectivity index (χ3v) is 5.46. The van der Waals surface area contributed by atoms with Gasteiger partial charge in [-0.15, -0.1) is 0 Å². The number of halogens is 2. The van der Waals surface area contributed by atoms with Gasteiger partial charge in [0.2, 0.25) is 0 Å². The number of carbonyl (C=O) groups excluding carboxylic acids is 1. The first-order valence-electron chi connectivity index (χ1n) is 11.5. The second-order valence-corrected chi connectivity index (χ2v) is 9.56. The fraction of sp³-hybridized carbons (Fsp3) is 0.296. The van der Waals surface area contributed by atoms with Gasteiger partial charge in [-0.25, -0.2) is 13.6 Å². The van der Waals surface area contributed by atoms with Crippen LogP contribution >= 0.6 is 0 Å². The molecule has 0 saturated heterocycles. The number of alkyl carbamates (subject to hydrolysis) is 1. The van der Waals surface area contributed by atoms with Crippen molar-refractivity contribution in [2.75, 3.05) is 6.61 Å². The number of ether oxygens (including phenoxy) is 2. The number of aryl methyl sites for hydroxylation is 1. The molecule has 9 heteroatoms. The van der Waals surface area contributed by atoms with Gasteiger partial charge in [-0.3, -0.25) is 10.1 Å². The quantitative estimate of drug-likeness (QED) is 0.343. The predicted octanol–water partition coefficient (Wildman–Crippen LogP) is 5.73. The van der Waals surface area contributed by atoms with E-state index in [4.69, 9.17) is 9.47 Å². The van der Waals surface area contributed by atoms with Gasteiger partial charge in [0.15, 0.2) is 11.6 Å². The fourth-order valence-electron chi connectivity index (χ4n) is 3.77. The Hall–Kier alpha value is -4.01. The van der Waals surface area contributed by atoms with Crippen LogP contribution in [0.1, 0.15) is 32.0 Å². The lowest BCUT2D eigenvalue weighted by Crippen LogP contribution is -2.43. The Balaban J connectivity index is 1.52. The number of amides is 1. The molecule has 0 radical (unpaired) electrons. The van der Waals surface area contributed by atoms with E-state index >= 15 is 0 Å². The highest BCUT2D eigenvalue weighted by Crippen LogP contribution is 2.27. The molecule has 0 fully saturated rings. The molecule has 2 heterocycles. The largest absolute Gasteiger partial charge is 0.490 e. The van der Waals surface area contributed by atoms with E-state index < -0.39 is 29.4 Å². The van der Waals surface area contributed by atoms with Gasteiger partial charge in [-0.05, 0) is 69.5 Å².